The Morgan fingerprint density at radius 1 is 0.776 bits per heavy atom. The third kappa shape index (κ3) is 8.71. The van der Waals surface area contributed by atoms with Crippen LogP contribution in [-0.2, 0) is 15.9 Å². The molecule has 49 heavy (non-hydrogen) atoms. The van der Waals surface area contributed by atoms with Gasteiger partial charge in [0.25, 0.3) is 17.7 Å². The number of hydrogen-bond donors (Lipinski definition) is 4. The summed E-state index contributed by atoms with van der Waals surface area (Å²) in [4.78, 5) is 41.4. The second-order valence-corrected chi connectivity index (χ2v) is 12.3. The van der Waals surface area contributed by atoms with E-state index in [0.29, 0.717) is 17.5 Å². The Morgan fingerprint density at radius 3 is 1.69 bits per heavy atom. The molecule has 0 spiro atoms. The molecule has 4 N–H and O–H groups in total. The second kappa shape index (κ2) is 15.5. The summed E-state index contributed by atoms with van der Waals surface area (Å²) in [6, 6.07) is 8.12. The fourth-order valence-electron chi connectivity index (χ4n) is 4.34. The fourth-order valence-corrected chi connectivity index (χ4v) is 6.23. The van der Waals surface area contributed by atoms with Crippen LogP contribution in [0.5, 0.6) is 0 Å². The molecule has 0 aromatic carbocycles. The van der Waals surface area contributed by atoms with Crippen molar-refractivity contribution in [3.63, 3.8) is 0 Å². The first-order chi connectivity index (χ1) is 23.7. The van der Waals surface area contributed by atoms with Crippen LogP contribution in [0.2, 0.25) is 0 Å². The molecule has 5 aromatic rings. The molecule has 5 heterocycles. The molecule has 258 valence electrons. The summed E-state index contributed by atoms with van der Waals surface area (Å²) in [6.07, 6.45) is 3.45. The number of hydrogen-bond acceptors (Lipinski definition) is 13. The zero-order valence-corrected chi connectivity index (χ0v) is 27.6. The molecule has 0 saturated heterocycles. The van der Waals surface area contributed by atoms with Gasteiger partial charge in [0, 0.05) is 34.5 Å². The van der Waals surface area contributed by atoms with E-state index in [4.69, 9.17) is 4.42 Å². The first-order valence-electron chi connectivity index (χ1n) is 15.0. The highest BCUT2D eigenvalue weighted by Crippen LogP contribution is 2.50. The van der Waals surface area contributed by atoms with E-state index in [0.717, 1.165) is 25.7 Å². The summed E-state index contributed by atoms with van der Waals surface area (Å²) >= 11 is 3.34. The van der Waals surface area contributed by atoms with E-state index < -0.39 is 30.6 Å². The smallest absolute Gasteiger partial charge is 0.317 e. The fraction of sp³-hybridized carbons (Fsp3) is 0.333. The number of amides is 2. The highest BCUT2D eigenvalue weighted by Gasteiger charge is 2.46. The lowest BCUT2D eigenvalue weighted by atomic mass is 10.2. The van der Waals surface area contributed by atoms with E-state index in [1.807, 2.05) is 48.2 Å². The Bertz CT molecular complexity index is 1800. The Labute approximate surface area is 285 Å². The molecular weight excluding hydrogens is 689 g/mol. The second-order valence-electron chi connectivity index (χ2n) is 10.4. The molecule has 2 aliphatic rings. The number of carbonyl (C=O) groups is 2. The Morgan fingerprint density at radius 2 is 1.29 bits per heavy atom. The molecule has 19 heteroatoms. The van der Waals surface area contributed by atoms with Gasteiger partial charge >= 0.3 is 18.8 Å². The molecule has 0 aliphatic heterocycles. The van der Waals surface area contributed by atoms with Crippen LogP contribution in [0.1, 0.15) is 72.0 Å². The predicted octanol–water partition coefficient (Wildman–Crippen LogP) is 6.32. The quantitative estimate of drug-likeness (QED) is 0.0941. The minimum absolute atomic E-state index is 0.0220. The Hall–Kier alpha value is -5.04. The lowest BCUT2D eigenvalue weighted by Gasteiger charge is -2.15. The van der Waals surface area contributed by atoms with Gasteiger partial charge in [-0.3, -0.25) is 20.4 Å². The van der Waals surface area contributed by atoms with Gasteiger partial charge in [-0.25, -0.2) is 19.9 Å². The summed E-state index contributed by atoms with van der Waals surface area (Å²) < 4.78 is 53.8. The Balaban J connectivity index is 0.000000182. The first kappa shape index (κ1) is 35.3. The third-order valence-electron chi connectivity index (χ3n) is 7.13. The standard InChI is InChI=1S/C14H13F2N5O2S.C14H11F2N5OS.C2H6/c15-10(16)12(23)21-20-11(22)8-6-17-13(18-7-8)19-14(3-4-14)9-2-1-5-24-9;15-10(16)12-21-20-11(22-12)8-6-17-13(18-7-8)19-14(3-4-14)9-2-1-5-23-9;1-2/h1-2,5-7,10H,3-4H2,(H,20,22)(H,21,23)(H,17,18,19);1-2,5-7,10H,3-4H2,(H,17,18,19);1-2H3. The predicted molar refractivity (Wildman–Crippen MR) is 173 cm³/mol. The number of carbonyl (C=O) groups excluding carboxylic acids is 2. The van der Waals surface area contributed by atoms with Crippen molar-refractivity contribution < 1.29 is 31.6 Å². The van der Waals surface area contributed by atoms with Crippen LogP contribution < -0.4 is 21.5 Å². The van der Waals surface area contributed by atoms with Gasteiger partial charge in [-0.2, -0.15) is 17.6 Å². The first-order valence-corrected chi connectivity index (χ1v) is 16.7. The average Bonchev–Trinajstić information content (AvgIpc) is 3.73. The Kier molecular flexibility index (Phi) is 11.1. The van der Waals surface area contributed by atoms with Crippen molar-refractivity contribution in [2.75, 3.05) is 10.6 Å². The molecular formula is C30H30F4N10O3S2. The molecule has 0 unspecified atom stereocenters. The summed E-state index contributed by atoms with van der Waals surface area (Å²) in [5, 5.41) is 17.5. The minimum Gasteiger partial charge on any atom is -0.415 e. The molecule has 0 atom stereocenters. The van der Waals surface area contributed by atoms with Gasteiger partial charge in [-0.1, -0.05) is 26.0 Å². The van der Waals surface area contributed by atoms with Crippen molar-refractivity contribution in [3.8, 4) is 11.5 Å². The molecule has 2 amide bonds. The molecule has 2 aliphatic carbocycles. The topological polar surface area (TPSA) is 173 Å². The molecule has 5 aromatic heterocycles. The van der Waals surface area contributed by atoms with Gasteiger partial charge in [0.15, 0.2) is 0 Å². The van der Waals surface area contributed by atoms with Gasteiger partial charge in [0.1, 0.15) is 0 Å². The van der Waals surface area contributed by atoms with E-state index in [1.54, 1.807) is 28.1 Å². The molecule has 0 bridgehead atoms. The van der Waals surface area contributed by atoms with Crippen molar-refractivity contribution in [3.05, 3.63) is 81.0 Å². The zero-order valence-electron chi connectivity index (χ0n) is 26.0. The van der Waals surface area contributed by atoms with Gasteiger partial charge in [0.05, 0.1) is 22.2 Å². The molecule has 7 rings (SSSR count). The zero-order chi connectivity index (χ0) is 35.0. The maximum Gasteiger partial charge on any atom is 0.317 e. The number of thiophene rings is 2. The number of nitrogens with one attached hydrogen (secondary N) is 4. The maximum absolute atomic E-state index is 12.5. The SMILES string of the molecule is CC.FC(F)c1nnc(-c2cnc(NC3(c4cccs4)CC3)nc2)o1.O=C(NNC(=O)C(F)F)c1cnc(NC2(c3cccs3)CC2)nc1. The largest absolute Gasteiger partial charge is 0.415 e. The van der Waals surface area contributed by atoms with Crippen molar-refractivity contribution in [1.29, 1.82) is 0 Å². The van der Waals surface area contributed by atoms with Crippen LogP contribution in [0.25, 0.3) is 11.5 Å². The van der Waals surface area contributed by atoms with Crippen molar-refractivity contribution >= 4 is 46.4 Å². The molecule has 0 radical (unpaired) electrons. The molecule has 2 fully saturated rings. The van der Waals surface area contributed by atoms with Gasteiger partial charge in [-0.15, -0.1) is 32.9 Å². The summed E-state index contributed by atoms with van der Waals surface area (Å²) in [6.45, 7) is 4.00. The van der Waals surface area contributed by atoms with E-state index in [1.165, 1.54) is 34.5 Å². The number of aromatic nitrogens is 6. The summed E-state index contributed by atoms with van der Waals surface area (Å²) in [7, 11) is 0. The van der Waals surface area contributed by atoms with Crippen LogP contribution >= 0.6 is 22.7 Å². The van der Waals surface area contributed by atoms with Crippen molar-refractivity contribution in [2.45, 2.75) is 63.5 Å². The summed E-state index contributed by atoms with van der Waals surface area (Å²) in [5.74, 6) is -2.26. The number of alkyl halides is 4. The number of hydrazine groups is 1. The number of halogens is 4. The highest BCUT2D eigenvalue weighted by atomic mass is 32.1. The van der Waals surface area contributed by atoms with E-state index in [-0.39, 0.29) is 22.5 Å². The number of nitrogens with zero attached hydrogens (tertiary/aromatic N) is 6. The summed E-state index contributed by atoms with van der Waals surface area (Å²) in [5.41, 5.74) is 3.68. The van der Waals surface area contributed by atoms with Gasteiger partial charge in [-0.05, 0) is 48.6 Å². The number of rotatable bonds is 10. The minimum atomic E-state index is -3.21. The number of anilines is 2. The average molecular weight is 719 g/mol. The van der Waals surface area contributed by atoms with Crippen molar-refractivity contribution in [1.82, 2.24) is 41.0 Å². The maximum atomic E-state index is 12.5. The van der Waals surface area contributed by atoms with Crippen LogP contribution in [-0.4, -0.2) is 48.4 Å². The highest BCUT2D eigenvalue weighted by molar-refractivity contribution is 7.10. The molecule has 2 saturated carbocycles. The lowest BCUT2D eigenvalue weighted by Crippen LogP contribution is -2.44. The van der Waals surface area contributed by atoms with Crippen LogP contribution in [0.4, 0.5) is 29.5 Å². The lowest BCUT2D eigenvalue weighted by molar-refractivity contribution is -0.132. The van der Waals surface area contributed by atoms with Gasteiger partial charge in [0.2, 0.25) is 11.9 Å². The van der Waals surface area contributed by atoms with Crippen LogP contribution in [0, 0.1) is 0 Å². The normalized spacial score (nSPS) is 14.9. The monoisotopic (exact) mass is 718 g/mol. The van der Waals surface area contributed by atoms with E-state index >= 15 is 0 Å². The van der Waals surface area contributed by atoms with Crippen molar-refractivity contribution in [2.24, 2.45) is 0 Å². The van der Waals surface area contributed by atoms with Crippen LogP contribution in [0.15, 0.2) is 64.2 Å². The van der Waals surface area contributed by atoms with Crippen LogP contribution in [0.3, 0.4) is 0 Å². The van der Waals surface area contributed by atoms with E-state index in [2.05, 4.69) is 46.8 Å². The van der Waals surface area contributed by atoms with Gasteiger partial charge < -0.3 is 15.1 Å². The van der Waals surface area contributed by atoms with E-state index in [9.17, 15) is 27.2 Å². The molecule has 13 nitrogen and oxygen atoms in total. The third-order valence-corrected chi connectivity index (χ3v) is 9.27.